The highest BCUT2D eigenvalue weighted by atomic mass is 15.4. The van der Waals surface area contributed by atoms with Crippen LogP contribution in [0.25, 0.3) is 17.0 Å². The number of hydrogen-bond donors (Lipinski definition) is 1. The molecule has 2 heterocycles. The van der Waals surface area contributed by atoms with E-state index in [4.69, 9.17) is 0 Å². The van der Waals surface area contributed by atoms with E-state index in [9.17, 15) is 5.26 Å². The molecule has 0 saturated heterocycles. The number of nitriles is 1. The van der Waals surface area contributed by atoms with Gasteiger partial charge in [0, 0.05) is 11.6 Å². The van der Waals surface area contributed by atoms with Crippen molar-refractivity contribution in [1.82, 2.24) is 19.6 Å². The second-order valence-electron chi connectivity index (χ2n) is 5.15. The van der Waals surface area contributed by atoms with Crippen LogP contribution in [0.1, 0.15) is 5.56 Å². The number of para-hydroxylation sites is 1. The van der Waals surface area contributed by atoms with Crippen molar-refractivity contribution < 1.29 is 0 Å². The van der Waals surface area contributed by atoms with Crippen molar-refractivity contribution in [2.45, 2.75) is 0 Å². The predicted octanol–water partition coefficient (Wildman–Crippen LogP) is 3.41. The molecule has 114 valence electrons. The molecule has 0 radical (unpaired) electrons. The van der Waals surface area contributed by atoms with E-state index in [0.29, 0.717) is 22.8 Å². The molecule has 2 aromatic heterocycles. The highest BCUT2D eigenvalue weighted by Gasteiger charge is 2.10. The third-order valence-corrected chi connectivity index (χ3v) is 3.63. The zero-order valence-corrected chi connectivity index (χ0v) is 12.6. The predicted molar refractivity (Wildman–Crippen MR) is 90.7 cm³/mol. The summed E-state index contributed by atoms with van der Waals surface area (Å²) >= 11 is 0. The van der Waals surface area contributed by atoms with Crippen LogP contribution in [0.2, 0.25) is 0 Å². The van der Waals surface area contributed by atoms with Crippen molar-refractivity contribution in [3.8, 4) is 17.3 Å². The highest BCUT2D eigenvalue weighted by molar-refractivity contribution is 5.70. The van der Waals surface area contributed by atoms with E-state index in [-0.39, 0.29) is 0 Å². The molecule has 2 aromatic carbocycles. The molecule has 0 bridgehead atoms. The number of hydrogen-bond acceptors (Lipinski definition) is 5. The molecular formula is C18H12N6. The normalized spacial score (nSPS) is 10.5. The number of aromatic nitrogens is 4. The van der Waals surface area contributed by atoms with E-state index in [0.717, 1.165) is 11.3 Å². The molecule has 4 rings (SSSR count). The molecule has 0 fully saturated rings. The van der Waals surface area contributed by atoms with E-state index in [1.54, 1.807) is 10.6 Å². The largest absolute Gasteiger partial charge is 0.339 e. The Labute approximate surface area is 138 Å². The van der Waals surface area contributed by atoms with E-state index >= 15 is 0 Å². The van der Waals surface area contributed by atoms with Gasteiger partial charge in [-0.15, -0.1) is 0 Å². The Morgan fingerprint density at radius 2 is 1.79 bits per heavy atom. The molecule has 0 aliphatic heterocycles. The first-order valence-electron chi connectivity index (χ1n) is 7.37. The first kappa shape index (κ1) is 13.9. The molecule has 1 N–H and O–H groups in total. The molecule has 0 amide bonds. The second-order valence-corrected chi connectivity index (χ2v) is 5.15. The molecule has 0 aliphatic rings. The number of anilines is 2. The Morgan fingerprint density at radius 3 is 2.62 bits per heavy atom. The van der Waals surface area contributed by atoms with Gasteiger partial charge in [0.05, 0.1) is 16.9 Å². The summed E-state index contributed by atoms with van der Waals surface area (Å²) in [6, 6.07) is 21.3. The van der Waals surface area contributed by atoms with E-state index < -0.39 is 0 Å². The minimum Gasteiger partial charge on any atom is -0.339 e. The van der Waals surface area contributed by atoms with Crippen LogP contribution in [-0.2, 0) is 0 Å². The monoisotopic (exact) mass is 312 g/mol. The minimum absolute atomic E-state index is 0.494. The van der Waals surface area contributed by atoms with Gasteiger partial charge in [0.1, 0.15) is 18.2 Å². The molecule has 6 nitrogen and oxygen atoms in total. The quantitative estimate of drug-likeness (QED) is 0.627. The van der Waals surface area contributed by atoms with E-state index in [1.807, 2.05) is 54.6 Å². The third kappa shape index (κ3) is 2.44. The van der Waals surface area contributed by atoms with Crippen molar-refractivity contribution in [2.24, 2.45) is 0 Å². The number of benzene rings is 2. The van der Waals surface area contributed by atoms with Gasteiger partial charge in [-0.2, -0.15) is 19.9 Å². The van der Waals surface area contributed by atoms with Crippen molar-refractivity contribution in [1.29, 1.82) is 5.26 Å². The number of fused-ring (bicyclic) bond motifs is 1. The summed E-state index contributed by atoms with van der Waals surface area (Å²) in [4.78, 5) is 8.72. The first-order valence-corrected chi connectivity index (χ1v) is 7.37. The van der Waals surface area contributed by atoms with Crippen LogP contribution in [0.3, 0.4) is 0 Å². The number of rotatable bonds is 3. The molecule has 0 aliphatic carbocycles. The van der Waals surface area contributed by atoms with Crippen LogP contribution in [0.5, 0.6) is 0 Å². The fourth-order valence-corrected chi connectivity index (χ4v) is 2.49. The molecule has 0 spiro atoms. The minimum atomic E-state index is 0.494. The smallest absolute Gasteiger partial charge is 0.254 e. The summed E-state index contributed by atoms with van der Waals surface area (Å²) < 4.78 is 1.61. The summed E-state index contributed by atoms with van der Waals surface area (Å²) in [6.45, 7) is 0. The average molecular weight is 312 g/mol. The summed E-state index contributed by atoms with van der Waals surface area (Å²) in [5.41, 5.74) is 3.04. The van der Waals surface area contributed by atoms with Crippen molar-refractivity contribution in [3.05, 3.63) is 72.6 Å². The van der Waals surface area contributed by atoms with Gasteiger partial charge in [-0.25, -0.2) is 4.98 Å². The molecular weight excluding hydrogens is 300 g/mol. The Hall–Kier alpha value is -3.72. The standard InChI is InChI=1S/C18H12N6/c19-11-14-8-4-5-9-15(14)22-17-10-16(13-6-2-1-3-7-13)23-18-20-12-21-24(17)18/h1-10,12,22H. The van der Waals surface area contributed by atoms with Gasteiger partial charge in [-0.05, 0) is 12.1 Å². The maximum absolute atomic E-state index is 9.27. The molecule has 4 aromatic rings. The summed E-state index contributed by atoms with van der Waals surface area (Å²) in [6.07, 6.45) is 1.46. The zero-order chi connectivity index (χ0) is 16.4. The van der Waals surface area contributed by atoms with Gasteiger partial charge in [0.2, 0.25) is 0 Å². The Kier molecular flexibility index (Phi) is 3.37. The van der Waals surface area contributed by atoms with Crippen LogP contribution in [0.4, 0.5) is 11.5 Å². The average Bonchev–Trinajstić information content (AvgIpc) is 3.12. The second kappa shape index (κ2) is 5.82. The maximum atomic E-state index is 9.27. The lowest BCUT2D eigenvalue weighted by Gasteiger charge is -2.11. The summed E-state index contributed by atoms with van der Waals surface area (Å²) in [5, 5.41) is 16.7. The van der Waals surface area contributed by atoms with Gasteiger partial charge in [0.25, 0.3) is 5.78 Å². The highest BCUT2D eigenvalue weighted by Crippen LogP contribution is 2.25. The van der Waals surface area contributed by atoms with Crippen molar-refractivity contribution in [3.63, 3.8) is 0 Å². The first-order chi connectivity index (χ1) is 11.8. The van der Waals surface area contributed by atoms with Crippen LogP contribution in [0.15, 0.2) is 67.0 Å². The molecule has 24 heavy (non-hydrogen) atoms. The topological polar surface area (TPSA) is 78.9 Å². The Morgan fingerprint density at radius 1 is 1.00 bits per heavy atom. The van der Waals surface area contributed by atoms with Gasteiger partial charge in [-0.3, -0.25) is 0 Å². The summed E-state index contributed by atoms with van der Waals surface area (Å²) in [5.74, 6) is 1.19. The molecule has 0 saturated carbocycles. The van der Waals surface area contributed by atoms with Crippen LogP contribution in [-0.4, -0.2) is 19.6 Å². The summed E-state index contributed by atoms with van der Waals surface area (Å²) in [7, 11) is 0. The lowest BCUT2D eigenvalue weighted by molar-refractivity contribution is 0.948. The lowest BCUT2D eigenvalue weighted by atomic mass is 10.1. The fourth-order valence-electron chi connectivity index (χ4n) is 2.49. The van der Waals surface area contributed by atoms with Gasteiger partial charge in [-0.1, -0.05) is 42.5 Å². The van der Waals surface area contributed by atoms with Gasteiger partial charge >= 0.3 is 0 Å². The van der Waals surface area contributed by atoms with Crippen LogP contribution < -0.4 is 5.32 Å². The van der Waals surface area contributed by atoms with E-state index in [2.05, 4.69) is 26.5 Å². The van der Waals surface area contributed by atoms with Crippen LogP contribution in [0, 0.1) is 11.3 Å². The third-order valence-electron chi connectivity index (χ3n) is 3.63. The molecule has 6 heteroatoms. The van der Waals surface area contributed by atoms with Gasteiger partial charge in [0.15, 0.2) is 0 Å². The maximum Gasteiger partial charge on any atom is 0.254 e. The Balaban J connectivity index is 1.85. The number of nitrogens with zero attached hydrogens (tertiary/aromatic N) is 5. The van der Waals surface area contributed by atoms with Crippen molar-refractivity contribution >= 4 is 17.3 Å². The van der Waals surface area contributed by atoms with E-state index in [1.165, 1.54) is 6.33 Å². The lowest BCUT2D eigenvalue weighted by Crippen LogP contribution is -2.03. The Bertz CT molecular complexity index is 1050. The SMILES string of the molecule is N#Cc1ccccc1Nc1cc(-c2ccccc2)nc2ncnn12. The molecule has 0 atom stereocenters. The van der Waals surface area contributed by atoms with Crippen molar-refractivity contribution in [2.75, 3.05) is 5.32 Å². The fraction of sp³-hybridized carbons (Fsp3) is 0. The molecule has 0 unspecified atom stereocenters. The number of nitrogens with one attached hydrogen (secondary N) is 1. The van der Waals surface area contributed by atoms with Crippen LogP contribution >= 0.6 is 0 Å². The van der Waals surface area contributed by atoms with Gasteiger partial charge < -0.3 is 5.32 Å². The zero-order valence-electron chi connectivity index (χ0n) is 12.6.